The van der Waals surface area contributed by atoms with E-state index in [0.717, 1.165) is 32.1 Å². The van der Waals surface area contributed by atoms with Gasteiger partial charge in [-0.2, -0.15) is 0 Å². The molecule has 2 aliphatic rings. The number of nitrogens with one attached hydrogen (secondary N) is 2. The van der Waals surface area contributed by atoms with Gasteiger partial charge in [0.05, 0.1) is 17.9 Å². The van der Waals surface area contributed by atoms with Crippen molar-refractivity contribution in [3.05, 3.63) is 24.0 Å². The molecule has 1 aliphatic carbocycles. The van der Waals surface area contributed by atoms with E-state index in [4.69, 9.17) is 4.74 Å². The SMILES string of the molecule is C[C@H]1CN(C(=O)Nc2ccc(F)c(NC(=O)C3CCCCC3)c2)C[C@H](C)O1. The van der Waals surface area contributed by atoms with Gasteiger partial charge in [-0.25, -0.2) is 9.18 Å². The van der Waals surface area contributed by atoms with Crippen LogP contribution in [0, 0.1) is 11.7 Å². The average Bonchev–Trinajstić information content (AvgIpc) is 2.64. The lowest BCUT2D eigenvalue weighted by atomic mass is 9.88. The lowest BCUT2D eigenvalue weighted by Gasteiger charge is -2.35. The Morgan fingerprint density at radius 2 is 1.74 bits per heavy atom. The molecule has 0 aromatic heterocycles. The molecule has 2 atom stereocenters. The first-order valence-corrected chi connectivity index (χ1v) is 9.74. The summed E-state index contributed by atoms with van der Waals surface area (Å²) in [5.74, 6) is -0.716. The van der Waals surface area contributed by atoms with Crippen LogP contribution in [0.3, 0.4) is 0 Å². The second kappa shape index (κ2) is 8.69. The summed E-state index contributed by atoms with van der Waals surface area (Å²) in [6.45, 7) is 4.85. The topological polar surface area (TPSA) is 70.7 Å². The van der Waals surface area contributed by atoms with Crippen LogP contribution < -0.4 is 10.6 Å². The molecule has 1 aromatic carbocycles. The minimum absolute atomic E-state index is 0.0296. The molecule has 0 unspecified atom stereocenters. The van der Waals surface area contributed by atoms with Gasteiger partial charge in [-0.05, 0) is 44.9 Å². The molecular formula is C20H28FN3O3. The van der Waals surface area contributed by atoms with E-state index < -0.39 is 5.82 Å². The monoisotopic (exact) mass is 377 g/mol. The number of halogens is 1. The molecule has 1 saturated heterocycles. The molecule has 2 N–H and O–H groups in total. The van der Waals surface area contributed by atoms with Gasteiger partial charge in [-0.1, -0.05) is 19.3 Å². The number of urea groups is 1. The van der Waals surface area contributed by atoms with Crippen molar-refractivity contribution in [2.24, 2.45) is 5.92 Å². The molecule has 1 saturated carbocycles. The molecule has 1 heterocycles. The van der Waals surface area contributed by atoms with Crippen molar-refractivity contribution < 1.29 is 18.7 Å². The van der Waals surface area contributed by atoms with E-state index in [1.165, 1.54) is 18.2 Å². The third kappa shape index (κ3) is 5.19. The number of anilines is 2. The maximum Gasteiger partial charge on any atom is 0.322 e. The van der Waals surface area contributed by atoms with E-state index >= 15 is 0 Å². The fraction of sp³-hybridized carbons (Fsp3) is 0.600. The average molecular weight is 377 g/mol. The van der Waals surface area contributed by atoms with Crippen molar-refractivity contribution in [3.63, 3.8) is 0 Å². The normalized spacial score (nSPS) is 23.7. The molecule has 1 aromatic rings. The lowest BCUT2D eigenvalue weighted by Crippen LogP contribution is -2.49. The molecule has 1 aliphatic heterocycles. The highest BCUT2D eigenvalue weighted by atomic mass is 19.1. The summed E-state index contributed by atoms with van der Waals surface area (Å²) in [5.41, 5.74) is 0.555. The summed E-state index contributed by atoms with van der Waals surface area (Å²) in [6, 6.07) is 3.97. The van der Waals surface area contributed by atoms with Crippen molar-refractivity contribution in [1.29, 1.82) is 0 Å². The van der Waals surface area contributed by atoms with Crippen LogP contribution in [-0.2, 0) is 9.53 Å². The number of rotatable bonds is 3. The zero-order chi connectivity index (χ0) is 19.4. The highest BCUT2D eigenvalue weighted by molar-refractivity contribution is 5.94. The van der Waals surface area contributed by atoms with Gasteiger partial charge in [0.15, 0.2) is 0 Å². The Kier molecular flexibility index (Phi) is 6.31. The van der Waals surface area contributed by atoms with Gasteiger partial charge in [-0.15, -0.1) is 0 Å². The molecular weight excluding hydrogens is 349 g/mol. The third-order valence-corrected chi connectivity index (χ3v) is 5.16. The summed E-state index contributed by atoms with van der Waals surface area (Å²) < 4.78 is 19.8. The summed E-state index contributed by atoms with van der Waals surface area (Å²) >= 11 is 0. The number of amides is 3. The molecule has 2 fully saturated rings. The number of carbonyl (C=O) groups excluding carboxylic acids is 2. The van der Waals surface area contributed by atoms with Gasteiger partial charge in [0.25, 0.3) is 0 Å². The first-order chi connectivity index (χ1) is 12.9. The Bertz CT molecular complexity index is 681. The fourth-order valence-electron chi connectivity index (χ4n) is 3.84. The van der Waals surface area contributed by atoms with Crippen LogP contribution in [0.1, 0.15) is 46.0 Å². The third-order valence-electron chi connectivity index (χ3n) is 5.16. The number of nitrogens with zero attached hydrogens (tertiary/aromatic N) is 1. The van der Waals surface area contributed by atoms with Crippen molar-refractivity contribution >= 4 is 23.3 Å². The van der Waals surface area contributed by atoms with Gasteiger partial charge >= 0.3 is 6.03 Å². The van der Waals surface area contributed by atoms with E-state index in [-0.39, 0.29) is 35.8 Å². The van der Waals surface area contributed by atoms with E-state index in [1.807, 2.05) is 13.8 Å². The predicted molar refractivity (Wildman–Crippen MR) is 102 cm³/mol. The van der Waals surface area contributed by atoms with E-state index in [9.17, 15) is 14.0 Å². The largest absolute Gasteiger partial charge is 0.372 e. The van der Waals surface area contributed by atoms with E-state index in [2.05, 4.69) is 10.6 Å². The summed E-state index contributed by atoms with van der Waals surface area (Å²) in [4.78, 5) is 26.6. The highest BCUT2D eigenvalue weighted by Gasteiger charge is 2.26. The van der Waals surface area contributed by atoms with Crippen molar-refractivity contribution in [1.82, 2.24) is 4.90 Å². The molecule has 148 valence electrons. The van der Waals surface area contributed by atoms with Crippen LogP contribution in [0.5, 0.6) is 0 Å². The zero-order valence-corrected chi connectivity index (χ0v) is 16.0. The van der Waals surface area contributed by atoms with Crippen LogP contribution in [0.15, 0.2) is 18.2 Å². The number of ether oxygens (including phenoxy) is 1. The highest BCUT2D eigenvalue weighted by Crippen LogP contribution is 2.27. The minimum Gasteiger partial charge on any atom is -0.372 e. The Balaban J connectivity index is 1.64. The maximum atomic E-state index is 14.1. The standard InChI is InChI=1S/C20H28FN3O3/c1-13-11-24(12-14(2)27-13)20(26)22-16-8-9-17(21)18(10-16)23-19(25)15-6-4-3-5-7-15/h8-10,13-15H,3-7,11-12H2,1-2H3,(H,22,26)(H,23,25)/t13-,14-/m0/s1. The molecule has 0 bridgehead atoms. The van der Waals surface area contributed by atoms with Crippen LogP contribution in [-0.4, -0.2) is 42.1 Å². The maximum absolute atomic E-state index is 14.1. The summed E-state index contributed by atoms with van der Waals surface area (Å²) in [7, 11) is 0. The Morgan fingerprint density at radius 3 is 2.41 bits per heavy atom. The molecule has 7 heteroatoms. The van der Waals surface area contributed by atoms with Gasteiger partial charge in [0.1, 0.15) is 5.82 Å². The second-order valence-corrected chi connectivity index (χ2v) is 7.61. The number of hydrogen-bond donors (Lipinski definition) is 2. The minimum atomic E-state index is -0.509. The van der Waals surface area contributed by atoms with Gasteiger partial charge in [-0.3, -0.25) is 4.79 Å². The molecule has 6 nitrogen and oxygen atoms in total. The smallest absolute Gasteiger partial charge is 0.322 e. The van der Waals surface area contributed by atoms with Crippen LogP contribution in [0.25, 0.3) is 0 Å². The lowest BCUT2D eigenvalue weighted by molar-refractivity contribution is -0.120. The first kappa shape index (κ1) is 19.6. The van der Waals surface area contributed by atoms with Crippen molar-refractivity contribution in [3.8, 4) is 0 Å². The quantitative estimate of drug-likeness (QED) is 0.837. The van der Waals surface area contributed by atoms with Crippen LogP contribution in [0.4, 0.5) is 20.6 Å². The van der Waals surface area contributed by atoms with Gasteiger partial charge in [0.2, 0.25) is 5.91 Å². The second-order valence-electron chi connectivity index (χ2n) is 7.61. The molecule has 0 radical (unpaired) electrons. The molecule has 27 heavy (non-hydrogen) atoms. The summed E-state index contributed by atoms with van der Waals surface area (Å²) in [6.07, 6.45) is 4.85. The van der Waals surface area contributed by atoms with Gasteiger partial charge < -0.3 is 20.3 Å². The van der Waals surface area contributed by atoms with E-state index in [1.54, 1.807) is 4.90 Å². The number of carbonyl (C=O) groups is 2. The molecule has 3 amide bonds. The van der Waals surface area contributed by atoms with Crippen LogP contribution in [0.2, 0.25) is 0 Å². The zero-order valence-electron chi connectivity index (χ0n) is 16.0. The fourth-order valence-corrected chi connectivity index (χ4v) is 3.84. The Labute approximate surface area is 159 Å². The number of benzene rings is 1. The van der Waals surface area contributed by atoms with Crippen LogP contribution >= 0.6 is 0 Å². The van der Waals surface area contributed by atoms with Crippen molar-refractivity contribution in [2.75, 3.05) is 23.7 Å². The Morgan fingerprint density at radius 1 is 1.07 bits per heavy atom. The Hall–Kier alpha value is -2.15. The van der Waals surface area contributed by atoms with Crippen molar-refractivity contribution in [2.45, 2.75) is 58.2 Å². The molecule has 0 spiro atoms. The summed E-state index contributed by atoms with van der Waals surface area (Å²) in [5, 5.41) is 5.47. The number of morpholine rings is 1. The number of hydrogen-bond acceptors (Lipinski definition) is 3. The molecule has 3 rings (SSSR count). The van der Waals surface area contributed by atoms with Gasteiger partial charge in [0, 0.05) is 24.7 Å². The first-order valence-electron chi connectivity index (χ1n) is 9.74. The van der Waals surface area contributed by atoms with E-state index in [0.29, 0.717) is 18.8 Å². The predicted octanol–water partition coefficient (Wildman–Crippen LogP) is 3.99.